The Morgan fingerprint density at radius 3 is 2.55 bits per heavy atom. The first-order valence-corrected chi connectivity index (χ1v) is 9.08. The fourth-order valence-electron chi connectivity index (χ4n) is 2.62. The smallest absolute Gasteiger partial charge is 0.417 e. The molecule has 0 unspecified atom stereocenters. The average Bonchev–Trinajstić information content (AvgIpc) is 2.77. The molecule has 1 aromatic carbocycles. The van der Waals surface area contributed by atoms with E-state index in [1.54, 1.807) is 36.7 Å². The molecule has 0 spiro atoms. The zero-order valence-electron chi connectivity index (χ0n) is 15.9. The second-order valence-corrected chi connectivity index (χ2v) is 6.19. The third-order valence-electron chi connectivity index (χ3n) is 4.02. The first kappa shape index (κ1) is 20.3. The molecule has 0 saturated heterocycles. The molecule has 8 nitrogen and oxygen atoms in total. The fraction of sp³-hybridized carbons (Fsp3) is 0.150. The van der Waals surface area contributed by atoms with Gasteiger partial charge >= 0.3 is 6.18 Å². The molecule has 1 N–H and O–H groups in total. The number of fused-ring (bicyclic) bond motifs is 1. The molecule has 3 aromatic heterocycles. The number of nitrogens with zero attached hydrogens (tertiary/aromatic N) is 5. The SMILES string of the molecule is FC(F)(F)c1ccc(Oc2cccc(OCCNc3ncnc4nccnc34)c2)nc1. The van der Waals surface area contributed by atoms with Gasteiger partial charge in [-0.05, 0) is 18.2 Å². The molecule has 0 atom stereocenters. The van der Waals surface area contributed by atoms with Crippen LogP contribution in [0, 0.1) is 0 Å². The number of ether oxygens (including phenoxy) is 2. The lowest BCUT2D eigenvalue weighted by molar-refractivity contribution is -0.137. The van der Waals surface area contributed by atoms with Crippen molar-refractivity contribution in [2.24, 2.45) is 0 Å². The first-order chi connectivity index (χ1) is 15.0. The van der Waals surface area contributed by atoms with Crippen LogP contribution in [0.15, 0.2) is 61.3 Å². The van der Waals surface area contributed by atoms with Gasteiger partial charge < -0.3 is 14.8 Å². The highest BCUT2D eigenvalue weighted by atomic mass is 19.4. The van der Waals surface area contributed by atoms with Crippen molar-refractivity contribution in [2.75, 3.05) is 18.5 Å². The van der Waals surface area contributed by atoms with Crippen molar-refractivity contribution in [3.63, 3.8) is 0 Å². The maximum Gasteiger partial charge on any atom is 0.417 e. The van der Waals surface area contributed by atoms with E-state index in [0.29, 0.717) is 41.6 Å². The minimum absolute atomic E-state index is 0.0450. The molecule has 4 rings (SSSR count). The van der Waals surface area contributed by atoms with Crippen molar-refractivity contribution in [2.45, 2.75) is 6.18 Å². The van der Waals surface area contributed by atoms with E-state index in [2.05, 4.69) is 30.2 Å². The molecule has 0 aliphatic carbocycles. The quantitative estimate of drug-likeness (QED) is 0.440. The van der Waals surface area contributed by atoms with E-state index in [0.717, 1.165) is 18.3 Å². The Morgan fingerprint density at radius 1 is 0.903 bits per heavy atom. The van der Waals surface area contributed by atoms with Gasteiger partial charge in [-0.3, -0.25) is 0 Å². The van der Waals surface area contributed by atoms with Crippen LogP contribution in [0.2, 0.25) is 0 Å². The van der Waals surface area contributed by atoms with Crippen molar-refractivity contribution in [1.82, 2.24) is 24.9 Å². The van der Waals surface area contributed by atoms with Crippen LogP contribution in [0.25, 0.3) is 11.2 Å². The normalized spacial score (nSPS) is 11.3. The van der Waals surface area contributed by atoms with Gasteiger partial charge in [-0.15, -0.1) is 0 Å². The number of hydrogen-bond acceptors (Lipinski definition) is 8. The highest BCUT2D eigenvalue weighted by molar-refractivity contribution is 5.81. The first-order valence-electron chi connectivity index (χ1n) is 9.08. The molecule has 0 aliphatic rings. The summed E-state index contributed by atoms with van der Waals surface area (Å²) in [6, 6.07) is 8.78. The number of hydrogen-bond donors (Lipinski definition) is 1. The van der Waals surface area contributed by atoms with Crippen molar-refractivity contribution in [3.8, 4) is 17.4 Å². The summed E-state index contributed by atoms with van der Waals surface area (Å²) in [6.07, 6.45) is 0.790. The van der Waals surface area contributed by atoms with Crippen LogP contribution in [-0.2, 0) is 6.18 Å². The highest BCUT2D eigenvalue weighted by Gasteiger charge is 2.30. The summed E-state index contributed by atoms with van der Waals surface area (Å²) in [5.74, 6) is 1.50. The summed E-state index contributed by atoms with van der Waals surface area (Å²) in [4.78, 5) is 20.2. The zero-order chi connectivity index (χ0) is 21.7. The van der Waals surface area contributed by atoms with Crippen LogP contribution in [-0.4, -0.2) is 38.1 Å². The Bertz CT molecular complexity index is 1170. The molecule has 158 valence electrons. The topological polar surface area (TPSA) is 94.9 Å². The number of pyridine rings is 1. The van der Waals surface area contributed by atoms with E-state index < -0.39 is 11.7 Å². The van der Waals surface area contributed by atoms with Gasteiger partial charge in [-0.1, -0.05) is 6.07 Å². The molecule has 0 radical (unpaired) electrons. The van der Waals surface area contributed by atoms with E-state index in [1.807, 2.05) is 0 Å². The largest absolute Gasteiger partial charge is 0.492 e. The number of rotatable bonds is 7. The van der Waals surface area contributed by atoms with Gasteiger partial charge in [0.15, 0.2) is 11.5 Å². The van der Waals surface area contributed by atoms with Crippen molar-refractivity contribution in [1.29, 1.82) is 0 Å². The van der Waals surface area contributed by atoms with Gasteiger partial charge in [0.2, 0.25) is 5.88 Å². The third kappa shape index (κ3) is 5.13. The van der Waals surface area contributed by atoms with Crippen LogP contribution in [0.3, 0.4) is 0 Å². The molecule has 0 aliphatic heterocycles. The molecular formula is C20H15F3N6O2. The minimum atomic E-state index is -4.45. The number of benzene rings is 1. The lowest BCUT2D eigenvalue weighted by Crippen LogP contribution is -2.13. The van der Waals surface area contributed by atoms with E-state index >= 15 is 0 Å². The number of nitrogens with one attached hydrogen (secondary N) is 1. The molecule has 0 fully saturated rings. The van der Waals surface area contributed by atoms with E-state index in [4.69, 9.17) is 9.47 Å². The molecular weight excluding hydrogens is 413 g/mol. The minimum Gasteiger partial charge on any atom is -0.492 e. The molecule has 0 saturated carbocycles. The summed E-state index contributed by atoms with van der Waals surface area (Å²) in [6.45, 7) is 0.752. The molecule has 11 heteroatoms. The van der Waals surface area contributed by atoms with Crippen LogP contribution < -0.4 is 14.8 Å². The zero-order valence-corrected chi connectivity index (χ0v) is 15.9. The van der Waals surface area contributed by atoms with Crippen molar-refractivity contribution >= 4 is 17.0 Å². The van der Waals surface area contributed by atoms with Crippen LogP contribution >= 0.6 is 0 Å². The predicted molar refractivity (Wildman–Crippen MR) is 105 cm³/mol. The molecule has 0 bridgehead atoms. The van der Waals surface area contributed by atoms with Crippen LogP contribution in [0.1, 0.15) is 5.56 Å². The maximum atomic E-state index is 12.6. The van der Waals surface area contributed by atoms with Gasteiger partial charge in [0.1, 0.15) is 29.9 Å². The number of alkyl halides is 3. The van der Waals surface area contributed by atoms with E-state index in [9.17, 15) is 13.2 Å². The number of halogens is 3. The Kier molecular flexibility index (Phi) is 5.74. The molecule has 3 heterocycles. The Balaban J connectivity index is 1.32. The van der Waals surface area contributed by atoms with Gasteiger partial charge in [0.05, 0.1) is 12.1 Å². The van der Waals surface area contributed by atoms with Crippen molar-refractivity contribution < 1.29 is 22.6 Å². The van der Waals surface area contributed by atoms with Gasteiger partial charge in [-0.25, -0.2) is 24.9 Å². The Morgan fingerprint density at radius 2 is 1.74 bits per heavy atom. The lowest BCUT2D eigenvalue weighted by Gasteiger charge is -2.11. The molecule has 31 heavy (non-hydrogen) atoms. The number of anilines is 1. The molecule has 4 aromatic rings. The lowest BCUT2D eigenvalue weighted by atomic mass is 10.3. The van der Waals surface area contributed by atoms with Gasteiger partial charge in [0.25, 0.3) is 0 Å². The Labute approximate surface area is 174 Å². The molecule has 0 amide bonds. The Hall–Kier alpha value is -4.02. The summed E-state index contributed by atoms with van der Waals surface area (Å²) >= 11 is 0. The van der Waals surface area contributed by atoms with Crippen molar-refractivity contribution in [3.05, 3.63) is 66.9 Å². The van der Waals surface area contributed by atoms with E-state index in [1.165, 1.54) is 6.33 Å². The summed E-state index contributed by atoms with van der Waals surface area (Å²) in [5, 5.41) is 3.12. The predicted octanol–water partition coefficient (Wildman–Crippen LogP) is 4.12. The number of aromatic nitrogens is 5. The highest BCUT2D eigenvalue weighted by Crippen LogP contribution is 2.30. The summed E-state index contributed by atoms with van der Waals surface area (Å²) in [7, 11) is 0. The summed E-state index contributed by atoms with van der Waals surface area (Å²) < 4.78 is 49.0. The monoisotopic (exact) mass is 428 g/mol. The van der Waals surface area contributed by atoms with Crippen LogP contribution in [0.5, 0.6) is 17.4 Å². The fourth-order valence-corrected chi connectivity index (χ4v) is 2.62. The summed E-state index contributed by atoms with van der Waals surface area (Å²) in [5.41, 5.74) is 0.207. The van der Waals surface area contributed by atoms with Gasteiger partial charge in [0, 0.05) is 30.7 Å². The van der Waals surface area contributed by atoms with Crippen LogP contribution in [0.4, 0.5) is 19.0 Å². The second-order valence-electron chi connectivity index (χ2n) is 6.19. The third-order valence-corrected chi connectivity index (χ3v) is 4.02. The van der Waals surface area contributed by atoms with Gasteiger partial charge in [-0.2, -0.15) is 13.2 Å². The maximum absolute atomic E-state index is 12.6. The van der Waals surface area contributed by atoms with E-state index in [-0.39, 0.29) is 5.88 Å². The average molecular weight is 428 g/mol. The standard InChI is InChI=1S/C20H15F3N6O2/c21-20(22,23)13-4-5-16(27-11-13)31-15-3-1-2-14(10-15)30-9-8-26-19-17-18(28-12-29-19)25-7-6-24-17/h1-7,10-12H,8-9H2,(H,25,26,28,29). The second kappa shape index (κ2) is 8.78.